The number of benzene rings is 3. The second-order valence-electron chi connectivity index (χ2n) is 9.38. The quantitative estimate of drug-likeness (QED) is 0.127. The molecule has 2 atom stereocenters. The molecule has 1 amide bonds. The number of rotatable bonds is 11. The number of carbonyl (C=O) groups excluding carboxylic acids is 1. The molecular weight excluding hydrogens is 530 g/mol. The van der Waals surface area contributed by atoms with Crippen molar-refractivity contribution in [1.29, 1.82) is 0 Å². The maximum atomic E-state index is 13.1. The molecule has 0 fully saturated rings. The molecular formula is C30H29N3O6S. The Morgan fingerprint density at radius 3 is 2.55 bits per heavy atom. The summed E-state index contributed by atoms with van der Waals surface area (Å²) in [4.78, 5) is 23.5. The Balaban J connectivity index is 1.24. The number of thiophene rings is 1. The molecule has 1 aliphatic rings. The van der Waals surface area contributed by atoms with Gasteiger partial charge in [0, 0.05) is 47.9 Å². The van der Waals surface area contributed by atoms with E-state index in [2.05, 4.69) is 28.1 Å². The number of aliphatic hydroxyl groups excluding tert-OH is 1. The molecule has 4 aromatic rings. The summed E-state index contributed by atoms with van der Waals surface area (Å²) < 4.78 is 13.3. The van der Waals surface area contributed by atoms with Crippen LogP contribution in [0, 0.1) is 10.1 Å². The van der Waals surface area contributed by atoms with Crippen LogP contribution in [0.15, 0.2) is 90.0 Å². The van der Waals surface area contributed by atoms with E-state index in [1.54, 1.807) is 23.5 Å². The van der Waals surface area contributed by atoms with Crippen LogP contribution in [0.25, 0.3) is 10.1 Å². The number of nitro groups is 1. The van der Waals surface area contributed by atoms with Crippen molar-refractivity contribution in [2.75, 3.05) is 18.4 Å². The highest BCUT2D eigenvalue weighted by molar-refractivity contribution is 7.17. The van der Waals surface area contributed by atoms with Gasteiger partial charge in [-0.2, -0.15) is 0 Å². The zero-order valence-electron chi connectivity index (χ0n) is 21.6. The zero-order chi connectivity index (χ0) is 27.9. The largest absolute Gasteiger partial charge is 0.459 e. The van der Waals surface area contributed by atoms with Gasteiger partial charge in [0.15, 0.2) is 5.76 Å². The van der Waals surface area contributed by atoms with Gasteiger partial charge in [0.1, 0.15) is 0 Å². The average molecular weight is 560 g/mol. The lowest BCUT2D eigenvalue weighted by Gasteiger charge is -2.29. The summed E-state index contributed by atoms with van der Waals surface area (Å²) in [5, 5.41) is 29.4. The Bertz CT molecular complexity index is 1500. The van der Waals surface area contributed by atoms with Crippen LogP contribution in [-0.4, -0.2) is 35.3 Å². The van der Waals surface area contributed by atoms with Crippen LogP contribution in [0.3, 0.4) is 0 Å². The molecule has 9 nitrogen and oxygen atoms in total. The van der Waals surface area contributed by atoms with E-state index in [4.69, 9.17) is 9.47 Å². The summed E-state index contributed by atoms with van der Waals surface area (Å²) in [6.07, 6.45) is 1.81. The van der Waals surface area contributed by atoms with Crippen LogP contribution in [0.4, 0.5) is 11.4 Å². The smallest absolute Gasteiger partial charge is 0.286 e. The average Bonchev–Trinajstić information content (AvgIpc) is 3.43. The Kier molecular flexibility index (Phi) is 8.70. The summed E-state index contributed by atoms with van der Waals surface area (Å²) in [5.41, 5.74) is 3.64. The molecule has 0 saturated carbocycles. The van der Waals surface area contributed by atoms with Crippen molar-refractivity contribution in [3.8, 4) is 0 Å². The topological polar surface area (TPSA) is 123 Å². The molecule has 3 aromatic carbocycles. The molecule has 0 bridgehead atoms. The Hall–Kier alpha value is -4.25. The van der Waals surface area contributed by atoms with Crippen LogP contribution < -0.4 is 10.6 Å². The lowest BCUT2D eigenvalue weighted by atomic mass is 9.92. The predicted molar refractivity (Wildman–Crippen MR) is 154 cm³/mol. The summed E-state index contributed by atoms with van der Waals surface area (Å²) in [7, 11) is 0. The van der Waals surface area contributed by atoms with Crippen molar-refractivity contribution in [1.82, 2.24) is 5.32 Å². The number of carbonyl (C=O) groups is 1. The van der Waals surface area contributed by atoms with E-state index in [9.17, 15) is 20.0 Å². The van der Waals surface area contributed by atoms with Crippen molar-refractivity contribution in [3.63, 3.8) is 0 Å². The third-order valence-electron chi connectivity index (χ3n) is 6.65. The van der Waals surface area contributed by atoms with Gasteiger partial charge in [-0.1, -0.05) is 42.5 Å². The first-order chi connectivity index (χ1) is 19.5. The Morgan fingerprint density at radius 1 is 1.05 bits per heavy atom. The third-order valence-corrected chi connectivity index (χ3v) is 7.63. The van der Waals surface area contributed by atoms with Crippen LogP contribution in [0.2, 0.25) is 0 Å². The van der Waals surface area contributed by atoms with Gasteiger partial charge in [0.25, 0.3) is 11.6 Å². The number of non-ortho nitro benzene ring substituents is 1. The van der Waals surface area contributed by atoms with E-state index >= 15 is 0 Å². The standard InChI is InChI=1S/C30H29N3O6S/c34-17-20-5-7-21(8-6-20)18-38-29-16-22(26-19-40-28-4-2-1-3-25(26)28)15-27(39-29)30(35)32-14-13-31-23-9-11-24(12-10-23)33(36)37/h1-12,15,19,22,29,31,34H,13-14,16-18H2,(H,32,35)/t22-,29+/m1/s1. The van der Waals surface area contributed by atoms with Crippen molar-refractivity contribution in [2.45, 2.75) is 31.8 Å². The molecule has 2 heterocycles. The maximum Gasteiger partial charge on any atom is 0.286 e. The molecule has 3 N–H and O–H groups in total. The van der Waals surface area contributed by atoms with Crippen molar-refractivity contribution in [3.05, 3.63) is 117 Å². The lowest BCUT2D eigenvalue weighted by Crippen LogP contribution is -2.35. The summed E-state index contributed by atoms with van der Waals surface area (Å²) in [6, 6.07) is 21.8. The van der Waals surface area contributed by atoms with E-state index in [-0.39, 0.29) is 29.9 Å². The molecule has 1 aromatic heterocycles. The van der Waals surface area contributed by atoms with Gasteiger partial charge in [0.05, 0.1) is 18.1 Å². The van der Waals surface area contributed by atoms with Gasteiger partial charge in [-0.15, -0.1) is 11.3 Å². The zero-order valence-corrected chi connectivity index (χ0v) is 22.4. The number of allylic oxidation sites excluding steroid dienone is 1. The van der Waals surface area contributed by atoms with Gasteiger partial charge in [-0.25, -0.2) is 0 Å². The Morgan fingerprint density at radius 2 is 1.80 bits per heavy atom. The van der Waals surface area contributed by atoms with Crippen molar-refractivity contribution < 1.29 is 24.3 Å². The number of aliphatic hydroxyl groups is 1. The molecule has 0 aliphatic carbocycles. The summed E-state index contributed by atoms with van der Waals surface area (Å²) in [5.74, 6) is -0.191. The monoisotopic (exact) mass is 559 g/mol. The minimum absolute atomic E-state index is 0.0180. The molecule has 5 rings (SSSR count). The number of hydrogen-bond acceptors (Lipinski definition) is 8. The summed E-state index contributed by atoms with van der Waals surface area (Å²) >= 11 is 1.67. The van der Waals surface area contributed by atoms with E-state index in [1.807, 2.05) is 42.5 Å². The number of anilines is 1. The highest BCUT2D eigenvalue weighted by atomic mass is 32.1. The van der Waals surface area contributed by atoms with Gasteiger partial charge in [0.2, 0.25) is 6.29 Å². The van der Waals surface area contributed by atoms with Crippen molar-refractivity contribution >= 4 is 38.7 Å². The van der Waals surface area contributed by atoms with Crippen LogP contribution in [-0.2, 0) is 27.5 Å². The molecule has 206 valence electrons. The lowest BCUT2D eigenvalue weighted by molar-refractivity contribution is -0.384. The number of amides is 1. The summed E-state index contributed by atoms with van der Waals surface area (Å²) in [6.45, 7) is 1.04. The van der Waals surface area contributed by atoms with Crippen LogP contribution in [0.1, 0.15) is 29.0 Å². The Labute approximate surface area is 235 Å². The van der Waals surface area contributed by atoms with Gasteiger partial charge in [-0.3, -0.25) is 14.9 Å². The minimum Gasteiger partial charge on any atom is -0.459 e. The molecule has 10 heteroatoms. The number of nitrogens with one attached hydrogen (secondary N) is 2. The van der Waals surface area contributed by atoms with Crippen molar-refractivity contribution in [2.24, 2.45) is 0 Å². The van der Waals surface area contributed by atoms with E-state index in [0.29, 0.717) is 26.1 Å². The number of ether oxygens (including phenoxy) is 2. The number of nitro benzene ring substituents is 1. The van der Waals surface area contributed by atoms with Gasteiger partial charge in [-0.05, 0) is 51.7 Å². The number of fused-ring (bicyclic) bond motifs is 1. The van der Waals surface area contributed by atoms with Gasteiger partial charge >= 0.3 is 0 Å². The maximum absolute atomic E-state index is 13.1. The highest BCUT2D eigenvalue weighted by Crippen LogP contribution is 2.38. The van der Waals surface area contributed by atoms with Crippen LogP contribution >= 0.6 is 11.3 Å². The predicted octanol–water partition coefficient (Wildman–Crippen LogP) is 5.46. The first-order valence-electron chi connectivity index (χ1n) is 12.9. The molecule has 0 spiro atoms. The fraction of sp³-hybridized carbons (Fsp3) is 0.233. The van der Waals surface area contributed by atoms with E-state index < -0.39 is 11.2 Å². The first-order valence-corrected chi connectivity index (χ1v) is 13.8. The van der Waals surface area contributed by atoms with Gasteiger partial charge < -0.3 is 25.2 Å². The third kappa shape index (κ3) is 6.66. The minimum atomic E-state index is -0.620. The highest BCUT2D eigenvalue weighted by Gasteiger charge is 2.30. The molecule has 1 aliphatic heterocycles. The van der Waals surface area contributed by atoms with E-state index in [0.717, 1.165) is 27.8 Å². The molecule has 0 unspecified atom stereocenters. The SMILES string of the molecule is O=C(NCCNc1ccc([N+](=O)[O-])cc1)C1=C[C@@H](c2csc3ccccc23)C[C@@H](OCc2ccc(CO)cc2)O1. The first kappa shape index (κ1) is 27.3. The normalized spacial score (nSPS) is 16.7. The second kappa shape index (κ2) is 12.7. The fourth-order valence-electron chi connectivity index (χ4n) is 4.52. The fourth-order valence-corrected chi connectivity index (χ4v) is 5.55. The van der Waals surface area contributed by atoms with E-state index in [1.165, 1.54) is 16.8 Å². The van der Waals surface area contributed by atoms with Crippen LogP contribution in [0.5, 0.6) is 0 Å². The number of hydrogen-bond donors (Lipinski definition) is 3. The molecule has 0 radical (unpaired) electrons. The molecule has 40 heavy (non-hydrogen) atoms. The second-order valence-corrected chi connectivity index (χ2v) is 10.3. The molecule has 0 saturated heterocycles. The number of nitrogens with zero attached hydrogens (tertiary/aromatic N) is 1.